The molecule has 0 spiro atoms. The molecule has 1 nitrogen and oxygen atoms in total. The summed E-state index contributed by atoms with van der Waals surface area (Å²) < 4.78 is 0. The number of aryl methyl sites for hydroxylation is 1. The van der Waals surface area contributed by atoms with Crippen LogP contribution in [-0.2, 0) is 6.42 Å². The third-order valence-corrected chi connectivity index (χ3v) is 3.67. The highest BCUT2D eigenvalue weighted by molar-refractivity contribution is 6.30. The lowest BCUT2D eigenvalue weighted by molar-refractivity contribution is 0.457. The molecule has 0 bridgehead atoms. The molecule has 15 heavy (non-hydrogen) atoms. The molecule has 1 saturated carbocycles. The summed E-state index contributed by atoms with van der Waals surface area (Å²) in [4.78, 5) is 0. The molecule has 3 rings (SSSR count). The Bertz CT molecular complexity index is 371. The first kappa shape index (κ1) is 9.68. The van der Waals surface area contributed by atoms with Gasteiger partial charge in [-0.2, -0.15) is 0 Å². The predicted octanol–water partition coefficient (Wildman–Crippen LogP) is 3.47. The van der Waals surface area contributed by atoms with E-state index < -0.39 is 0 Å². The molecule has 2 aliphatic carbocycles. The van der Waals surface area contributed by atoms with E-state index >= 15 is 0 Å². The summed E-state index contributed by atoms with van der Waals surface area (Å²) in [7, 11) is 0. The fraction of sp³-hybridized carbons (Fsp3) is 0.538. The van der Waals surface area contributed by atoms with Gasteiger partial charge in [-0.1, -0.05) is 17.7 Å². The van der Waals surface area contributed by atoms with E-state index in [1.807, 2.05) is 6.07 Å². The van der Waals surface area contributed by atoms with Gasteiger partial charge in [0.2, 0.25) is 0 Å². The van der Waals surface area contributed by atoms with Crippen molar-refractivity contribution in [2.45, 2.75) is 44.2 Å². The van der Waals surface area contributed by atoms with Crippen LogP contribution in [0.3, 0.4) is 0 Å². The second-order valence-electron chi connectivity index (χ2n) is 4.73. The molecule has 80 valence electrons. The molecule has 0 saturated heterocycles. The summed E-state index contributed by atoms with van der Waals surface area (Å²) in [6.07, 6.45) is 6.50. The van der Waals surface area contributed by atoms with E-state index in [2.05, 4.69) is 17.4 Å². The second kappa shape index (κ2) is 3.80. The summed E-state index contributed by atoms with van der Waals surface area (Å²) in [5.41, 5.74) is 2.93. The van der Waals surface area contributed by atoms with Crippen molar-refractivity contribution in [3.63, 3.8) is 0 Å². The van der Waals surface area contributed by atoms with Crippen LogP contribution in [0.4, 0.5) is 0 Å². The summed E-state index contributed by atoms with van der Waals surface area (Å²) >= 11 is 6.07. The zero-order chi connectivity index (χ0) is 10.3. The van der Waals surface area contributed by atoms with E-state index in [1.165, 1.54) is 43.2 Å². The smallest absolute Gasteiger partial charge is 0.0409 e. The van der Waals surface area contributed by atoms with Gasteiger partial charge in [0, 0.05) is 17.1 Å². The Hall–Kier alpha value is -0.530. The van der Waals surface area contributed by atoms with E-state index in [0.717, 1.165) is 11.1 Å². The van der Waals surface area contributed by atoms with Gasteiger partial charge in [-0.25, -0.2) is 0 Å². The largest absolute Gasteiger partial charge is 0.307 e. The van der Waals surface area contributed by atoms with Gasteiger partial charge in [0.1, 0.15) is 0 Å². The topological polar surface area (TPSA) is 12.0 Å². The van der Waals surface area contributed by atoms with Crippen LogP contribution in [-0.4, -0.2) is 6.04 Å². The predicted molar refractivity (Wildman–Crippen MR) is 63.3 cm³/mol. The standard InChI is InChI=1S/C13H16ClN/c14-10-5-4-9-2-1-3-13(12(9)8-10)15-11-6-7-11/h4-5,8,11,13,15H,1-3,6-7H2. The minimum Gasteiger partial charge on any atom is -0.307 e. The molecule has 1 fully saturated rings. The Morgan fingerprint density at radius 1 is 1.20 bits per heavy atom. The van der Waals surface area contributed by atoms with Crippen molar-refractivity contribution < 1.29 is 0 Å². The summed E-state index contributed by atoms with van der Waals surface area (Å²) in [6.45, 7) is 0. The normalized spacial score (nSPS) is 25.0. The van der Waals surface area contributed by atoms with Crippen LogP contribution in [0.25, 0.3) is 0 Å². The number of hydrogen-bond acceptors (Lipinski definition) is 1. The van der Waals surface area contributed by atoms with Crippen LogP contribution >= 0.6 is 11.6 Å². The van der Waals surface area contributed by atoms with Crippen LogP contribution in [0.5, 0.6) is 0 Å². The SMILES string of the molecule is Clc1ccc2c(c1)C(NC1CC1)CCC2. The van der Waals surface area contributed by atoms with E-state index in [4.69, 9.17) is 11.6 Å². The number of fused-ring (bicyclic) bond motifs is 1. The molecule has 1 atom stereocenters. The van der Waals surface area contributed by atoms with Crippen LogP contribution in [0.1, 0.15) is 42.9 Å². The second-order valence-corrected chi connectivity index (χ2v) is 5.17. The number of hydrogen-bond donors (Lipinski definition) is 1. The average Bonchev–Trinajstić information content (AvgIpc) is 3.03. The van der Waals surface area contributed by atoms with Crippen LogP contribution in [0.15, 0.2) is 18.2 Å². The van der Waals surface area contributed by atoms with Gasteiger partial charge in [0.05, 0.1) is 0 Å². The van der Waals surface area contributed by atoms with Crippen molar-refractivity contribution in [2.24, 2.45) is 0 Å². The van der Waals surface area contributed by atoms with Gasteiger partial charge >= 0.3 is 0 Å². The number of halogens is 1. The average molecular weight is 222 g/mol. The molecule has 0 aliphatic heterocycles. The minimum absolute atomic E-state index is 0.556. The molecular weight excluding hydrogens is 206 g/mol. The monoisotopic (exact) mass is 221 g/mol. The quantitative estimate of drug-likeness (QED) is 0.807. The van der Waals surface area contributed by atoms with Gasteiger partial charge in [-0.05, 0) is 55.4 Å². The fourth-order valence-corrected chi connectivity index (χ4v) is 2.66. The van der Waals surface area contributed by atoms with Crippen molar-refractivity contribution in [2.75, 3.05) is 0 Å². The molecule has 1 unspecified atom stereocenters. The van der Waals surface area contributed by atoms with E-state index in [9.17, 15) is 0 Å². The van der Waals surface area contributed by atoms with Crippen LogP contribution in [0, 0.1) is 0 Å². The van der Waals surface area contributed by atoms with Gasteiger partial charge < -0.3 is 5.32 Å². The molecule has 0 radical (unpaired) electrons. The molecule has 1 aromatic rings. The van der Waals surface area contributed by atoms with E-state index in [1.54, 1.807) is 0 Å². The zero-order valence-corrected chi connectivity index (χ0v) is 9.56. The summed E-state index contributed by atoms with van der Waals surface area (Å²) in [6, 6.07) is 7.69. The first-order valence-electron chi connectivity index (χ1n) is 5.87. The molecule has 0 heterocycles. The maximum absolute atomic E-state index is 6.07. The number of rotatable bonds is 2. The Labute approximate surface area is 95.8 Å². The summed E-state index contributed by atoms with van der Waals surface area (Å²) in [5.74, 6) is 0. The maximum atomic E-state index is 6.07. The highest BCUT2D eigenvalue weighted by Crippen LogP contribution is 2.34. The van der Waals surface area contributed by atoms with Crippen molar-refractivity contribution in [1.29, 1.82) is 0 Å². The third kappa shape index (κ3) is 2.04. The molecule has 0 amide bonds. The lowest BCUT2D eigenvalue weighted by Crippen LogP contribution is -2.26. The maximum Gasteiger partial charge on any atom is 0.0409 e. The Morgan fingerprint density at radius 2 is 2.07 bits per heavy atom. The fourth-order valence-electron chi connectivity index (χ4n) is 2.48. The van der Waals surface area contributed by atoms with Crippen LogP contribution < -0.4 is 5.32 Å². The third-order valence-electron chi connectivity index (χ3n) is 3.44. The van der Waals surface area contributed by atoms with E-state index in [0.29, 0.717) is 6.04 Å². The molecule has 1 aromatic carbocycles. The van der Waals surface area contributed by atoms with Crippen molar-refractivity contribution in [1.82, 2.24) is 5.32 Å². The molecular formula is C13H16ClN. The Kier molecular flexibility index (Phi) is 2.45. The molecule has 2 aliphatic rings. The van der Waals surface area contributed by atoms with Crippen molar-refractivity contribution >= 4 is 11.6 Å². The van der Waals surface area contributed by atoms with Crippen molar-refractivity contribution in [3.8, 4) is 0 Å². The van der Waals surface area contributed by atoms with E-state index in [-0.39, 0.29) is 0 Å². The Morgan fingerprint density at radius 3 is 2.87 bits per heavy atom. The highest BCUT2D eigenvalue weighted by Gasteiger charge is 2.27. The molecule has 1 N–H and O–H groups in total. The zero-order valence-electron chi connectivity index (χ0n) is 8.80. The minimum atomic E-state index is 0.556. The summed E-state index contributed by atoms with van der Waals surface area (Å²) in [5, 5.41) is 4.59. The molecule has 2 heteroatoms. The number of benzene rings is 1. The lowest BCUT2D eigenvalue weighted by Gasteiger charge is -2.26. The highest BCUT2D eigenvalue weighted by atomic mass is 35.5. The van der Waals surface area contributed by atoms with Gasteiger partial charge in [0.25, 0.3) is 0 Å². The van der Waals surface area contributed by atoms with Gasteiger partial charge in [0.15, 0.2) is 0 Å². The number of nitrogens with one attached hydrogen (secondary N) is 1. The van der Waals surface area contributed by atoms with Gasteiger partial charge in [-0.3, -0.25) is 0 Å². The van der Waals surface area contributed by atoms with Gasteiger partial charge in [-0.15, -0.1) is 0 Å². The Balaban J connectivity index is 1.89. The van der Waals surface area contributed by atoms with Crippen LogP contribution in [0.2, 0.25) is 5.02 Å². The first-order valence-corrected chi connectivity index (χ1v) is 6.25. The molecule has 0 aromatic heterocycles. The van der Waals surface area contributed by atoms with Crippen molar-refractivity contribution in [3.05, 3.63) is 34.3 Å². The first-order chi connectivity index (χ1) is 7.33. The lowest BCUT2D eigenvalue weighted by atomic mass is 9.87.